The maximum absolute atomic E-state index is 12.4. The molecule has 0 fully saturated rings. The van der Waals surface area contributed by atoms with Gasteiger partial charge < -0.3 is 14.8 Å². The Kier molecular flexibility index (Phi) is 5.19. The normalized spacial score (nSPS) is 11.8. The fourth-order valence-corrected chi connectivity index (χ4v) is 2.62. The number of carbonyl (C=O) groups excluding carboxylic acids is 1. The zero-order valence-corrected chi connectivity index (χ0v) is 14.4. The van der Waals surface area contributed by atoms with E-state index in [-0.39, 0.29) is 5.91 Å². The number of hydrogen-bond acceptors (Lipinski definition) is 3. The molecule has 0 aliphatic rings. The number of amides is 1. The molecule has 128 valence electrons. The molecule has 1 amide bonds. The van der Waals surface area contributed by atoms with Crippen LogP contribution in [0.15, 0.2) is 66.7 Å². The standard InChI is InChI=1S/C21H21NO3/c1-3-24-18-11-7-10-17(14-18)22-21(23)15(2)25-20-13-6-9-16-8-4-5-12-19(16)20/h4-15H,3H2,1-2H3,(H,22,23)/t15-/m1/s1. The Bertz CT molecular complexity index is 870. The van der Waals surface area contributed by atoms with Crippen LogP contribution < -0.4 is 14.8 Å². The maximum atomic E-state index is 12.4. The van der Waals surface area contributed by atoms with Crippen molar-refractivity contribution >= 4 is 22.4 Å². The Morgan fingerprint density at radius 1 is 1.04 bits per heavy atom. The number of nitrogens with one attached hydrogen (secondary N) is 1. The first-order valence-corrected chi connectivity index (χ1v) is 8.35. The first-order valence-electron chi connectivity index (χ1n) is 8.35. The molecule has 0 radical (unpaired) electrons. The monoisotopic (exact) mass is 335 g/mol. The summed E-state index contributed by atoms with van der Waals surface area (Å²) in [7, 11) is 0. The van der Waals surface area contributed by atoms with Gasteiger partial charge in [0.2, 0.25) is 0 Å². The molecule has 0 saturated carbocycles. The maximum Gasteiger partial charge on any atom is 0.265 e. The van der Waals surface area contributed by atoms with Crippen molar-refractivity contribution in [2.45, 2.75) is 20.0 Å². The van der Waals surface area contributed by atoms with Gasteiger partial charge in [0.25, 0.3) is 5.91 Å². The Labute approximate surface area is 147 Å². The largest absolute Gasteiger partial charge is 0.494 e. The third-order valence-corrected chi connectivity index (χ3v) is 3.84. The number of fused-ring (bicyclic) bond motifs is 1. The highest BCUT2D eigenvalue weighted by Crippen LogP contribution is 2.26. The molecular weight excluding hydrogens is 314 g/mol. The van der Waals surface area contributed by atoms with Crippen LogP contribution in [0, 0.1) is 0 Å². The van der Waals surface area contributed by atoms with Crippen LogP contribution in [0.1, 0.15) is 13.8 Å². The van der Waals surface area contributed by atoms with Crippen LogP contribution in [0.3, 0.4) is 0 Å². The first-order chi connectivity index (χ1) is 12.2. The molecule has 0 unspecified atom stereocenters. The summed E-state index contributed by atoms with van der Waals surface area (Å²) in [6, 6.07) is 21.1. The van der Waals surface area contributed by atoms with Crippen LogP contribution >= 0.6 is 0 Å². The van der Waals surface area contributed by atoms with E-state index in [9.17, 15) is 4.79 Å². The summed E-state index contributed by atoms with van der Waals surface area (Å²) in [6.45, 7) is 4.24. The predicted molar refractivity (Wildman–Crippen MR) is 100 cm³/mol. The van der Waals surface area contributed by atoms with E-state index in [4.69, 9.17) is 9.47 Å². The molecule has 4 nitrogen and oxygen atoms in total. The van der Waals surface area contributed by atoms with Gasteiger partial charge >= 0.3 is 0 Å². The molecule has 4 heteroatoms. The molecule has 0 spiro atoms. The number of carbonyl (C=O) groups is 1. The number of anilines is 1. The van der Waals surface area contributed by atoms with E-state index in [1.165, 1.54) is 0 Å². The predicted octanol–water partition coefficient (Wildman–Crippen LogP) is 4.64. The molecule has 0 aliphatic heterocycles. The summed E-state index contributed by atoms with van der Waals surface area (Å²) in [5.41, 5.74) is 0.685. The lowest BCUT2D eigenvalue weighted by Gasteiger charge is -2.16. The molecule has 25 heavy (non-hydrogen) atoms. The van der Waals surface area contributed by atoms with E-state index in [1.54, 1.807) is 13.0 Å². The van der Waals surface area contributed by atoms with Crippen molar-refractivity contribution in [3.63, 3.8) is 0 Å². The zero-order chi connectivity index (χ0) is 17.6. The van der Waals surface area contributed by atoms with Gasteiger partial charge in [0.15, 0.2) is 6.10 Å². The number of rotatable bonds is 6. The van der Waals surface area contributed by atoms with Crippen LogP contribution in [0.25, 0.3) is 10.8 Å². The minimum atomic E-state index is -0.624. The number of ether oxygens (including phenoxy) is 2. The SMILES string of the molecule is CCOc1cccc(NC(=O)[C@@H](C)Oc2cccc3ccccc23)c1. The zero-order valence-electron chi connectivity index (χ0n) is 14.4. The molecule has 3 aromatic rings. The van der Waals surface area contributed by atoms with Crippen LogP contribution in [0.2, 0.25) is 0 Å². The number of benzene rings is 3. The number of hydrogen-bond donors (Lipinski definition) is 1. The highest BCUT2D eigenvalue weighted by atomic mass is 16.5. The summed E-state index contributed by atoms with van der Waals surface area (Å²) >= 11 is 0. The Balaban J connectivity index is 1.71. The summed E-state index contributed by atoms with van der Waals surface area (Å²) in [6.07, 6.45) is -0.624. The van der Waals surface area contributed by atoms with E-state index in [0.717, 1.165) is 16.5 Å². The molecule has 1 N–H and O–H groups in total. The van der Waals surface area contributed by atoms with Crippen molar-refractivity contribution < 1.29 is 14.3 Å². The second-order valence-corrected chi connectivity index (χ2v) is 5.69. The topological polar surface area (TPSA) is 47.6 Å². The lowest BCUT2D eigenvalue weighted by Crippen LogP contribution is -2.30. The van der Waals surface area contributed by atoms with Crippen molar-refractivity contribution in [3.05, 3.63) is 66.7 Å². The quantitative estimate of drug-likeness (QED) is 0.713. The van der Waals surface area contributed by atoms with E-state index in [2.05, 4.69) is 5.32 Å². The summed E-state index contributed by atoms with van der Waals surface area (Å²) in [5.74, 6) is 1.22. The van der Waals surface area contributed by atoms with Gasteiger partial charge in [-0.25, -0.2) is 0 Å². The molecule has 3 rings (SSSR count). The molecule has 0 saturated heterocycles. The molecule has 0 aliphatic carbocycles. The highest BCUT2D eigenvalue weighted by Gasteiger charge is 2.16. The summed E-state index contributed by atoms with van der Waals surface area (Å²) < 4.78 is 11.3. The van der Waals surface area contributed by atoms with E-state index in [1.807, 2.05) is 67.6 Å². The second kappa shape index (κ2) is 7.71. The molecule has 0 aromatic heterocycles. The minimum Gasteiger partial charge on any atom is -0.494 e. The van der Waals surface area contributed by atoms with Gasteiger partial charge in [-0.05, 0) is 37.4 Å². The van der Waals surface area contributed by atoms with Gasteiger partial charge in [0.1, 0.15) is 11.5 Å². The Hall–Kier alpha value is -3.01. The first kappa shape index (κ1) is 16.8. The van der Waals surface area contributed by atoms with Gasteiger partial charge in [0, 0.05) is 17.1 Å². The van der Waals surface area contributed by atoms with Gasteiger partial charge in [-0.15, -0.1) is 0 Å². The molecular formula is C21H21NO3. The van der Waals surface area contributed by atoms with Crippen molar-refractivity contribution in [2.75, 3.05) is 11.9 Å². The fraction of sp³-hybridized carbons (Fsp3) is 0.190. The van der Waals surface area contributed by atoms with Crippen LogP contribution in [-0.2, 0) is 4.79 Å². The Morgan fingerprint density at radius 3 is 2.64 bits per heavy atom. The minimum absolute atomic E-state index is 0.207. The van der Waals surface area contributed by atoms with E-state index >= 15 is 0 Å². The average Bonchev–Trinajstić information content (AvgIpc) is 2.62. The van der Waals surface area contributed by atoms with Crippen molar-refractivity contribution in [1.82, 2.24) is 0 Å². The van der Waals surface area contributed by atoms with Gasteiger partial charge in [-0.1, -0.05) is 42.5 Å². The smallest absolute Gasteiger partial charge is 0.265 e. The Morgan fingerprint density at radius 2 is 1.80 bits per heavy atom. The van der Waals surface area contributed by atoms with Gasteiger partial charge in [-0.2, -0.15) is 0 Å². The van der Waals surface area contributed by atoms with Gasteiger partial charge in [0.05, 0.1) is 6.61 Å². The second-order valence-electron chi connectivity index (χ2n) is 5.69. The molecule has 3 aromatic carbocycles. The lowest BCUT2D eigenvalue weighted by molar-refractivity contribution is -0.122. The lowest BCUT2D eigenvalue weighted by atomic mass is 10.1. The van der Waals surface area contributed by atoms with E-state index in [0.29, 0.717) is 18.0 Å². The van der Waals surface area contributed by atoms with Crippen LogP contribution in [0.4, 0.5) is 5.69 Å². The van der Waals surface area contributed by atoms with Crippen molar-refractivity contribution in [2.24, 2.45) is 0 Å². The van der Waals surface area contributed by atoms with Crippen LogP contribution in [0.5, 0.6) is 11.5 Å². The fourth-order valence-electron chi connectivity index (χ4n) is 2.62. The molecule has 0 bridgehead atoms. The van der Waals surface area contributed by atoms with E-state index < -0.39 is 6.10 Å². The third kappa shape index (κ3) is 4.10. The van der Waals surface area contributed by atoms with Gasteiger partial charge in [-0.3, -0.25) is 4.79 Å². The van der Waals surface area contributed by atoms with Crippen molar-refractivity contribution in [3.8, 4) is 11.5 Å². The van der Waals surface area contributed by atoms with Crippen LogP contribution in [-0.4, -0.2) is 18.6 Å². The highest BCUT2D eigenvalue weighted by molar-refractivity contribution is 5.95. The molecule has 1 atom stereocenters. The average molecular weight is 335 g/mol. The molecule has 0 heterocycles. The van der Waals surface area contributed by atoms with Crippen molar-refractivity contribution in [1.29, 1.82) is 0 Å². The third-order valence-electron chi connectivity index (χ3n) is 3.84. The summed E-state index contributed by atoms with van der Waals surface area (Å²) in [5, 5.41) is 4.93. The summed E-state index contributed by atoms with van der Waals surface area (Å²) in [4.78, 5) is 12.4.